The number of fused-ring (bicyclic) bond motifs is 1. The lowest BCUT2D eigenvalue weighted by atomic mass is 10.2. The maximum absolute atomic E-state index is 11.6. The minimum absolute atomic E-state index is 0.197. The highest BCUT2D eigenvalue weighted by atomic mass is 16.5. The van der Waals surface area contributed by atoms with Crippen molar-refractivity contribution in [1.82, 2.24) is 19.9 Å². The van der Waals surface area contributed by atoms with Gasteiger partial charge in [-0.1, -0.05) is 0 Å². The first-order chi connectivity index (χ1) is 9.58. The van der Waals surface area contributed by atoms with Crippen LogP contribution in [0.2, 0.25) is 0 Å². The molecule has 0 atom stereocenters. The maximum atomic E-state index is 11.6. The summed E-state index contributed by atoms with van der Waals surface area (Å²) in [5, 5.41) is 0. The van der Waals surface area contributed by atoms with Crippen molar-refractivity contribution in [3.05, 3.63) is 39.0 Å². The molecule has 0 radical (unpaired) electrons. The number of nitrogens with two attached hydrogens (primary N) is 1. The zero-order chi connectivity index (χ0) is 14.3. The first kappa shape index (κ1) is 12.0. The monoisotopic (exact) mass is 273 g/mol. The lowest BCUT2D eigenvalue weighted by molar-refractivity contribution is 0.417. The van der Waals surface area contributed by atoms with Gasteiger partial charge in [0.25, 0.3) is 5.56 Å². The molecule has 0 amide bonds. The molecule has 8 nitrogen and oxygen atoms in total. The lowest BCUT2D eigenvalue weighted by Crippen LogP contribution is -2.21. The highest BCUT2D eigenvalue weighted by Gasteiger charge is 2.10. The Hall–Kier alpha value is -3.03. The Balaban J connectivity index is 2.20. The van der Waals surface area contributed by atoms with Crippen LogP contribution in [0.5, 0.6) is 5.75 Å². The normalized spacial score (nSPS) is 10.8. The lowest BCUT2D eigenvalue weighted by Gasteiger charge is -2.05. The molecule has 3 aromatic rings. The number of anilines is 1. The van der Waals surface area contributed by atoms with E-state index in [0.29, 0.717) is 22.8 Å². The van der Waals surface area contributed by atoms with Gasteiger partial charge in [0.05, 0.1) is 12.8 Å². The number of benzene rings is 1. The number of aromatic amines is 3. The van der Waals surface area contributed by atoms with Gasteiger partial charge in [0.15, 0.2) is 5.65 Å². The topological polar surface area (TPSA) is 130 Å². The fourth-order valence-corrected chi connectivity index (χ4v) is 1.95. The van der Waals surface area contributed by atoms with Gasteiger partial charge >= 0.3 is 5.69 Å². The third-order valence-electron chi connectivity index (χ3n) is 2.89. The van der Waals surface area contributed by atoms with Gasteiger partial charge in [-0.15, -0.1) is 0 Å². The van der Waals surface area contributed by atoms with E-state index in [4.69, 9.17) is 10.5 Å². The largest absolute Gasteiger partial charge is 0.495 e. The fourth-order valence-electron chi connectivity index (χ4n) is 1.95. The number of hydrogen-bond donors (Lipinski definition) is 4. The summed E-state index contributed by atoms with van der Waals surface area (Å²) in [5.41, 5.74) is 6.23. The number of H-pyrrole nitrogens is 3. The molecule has 0 aliphatic heterocycles. The van der Waals surface area contributed by atoms with Crippen LogP contribution in [0, 0.1) is 0 Å². The average molecular weight is 273 g/mol. The summed E-state index contributed by atoms with van der Waals surface area (Å²) < 4.78 is 5.07. The van der Waals surface area contributed by atoms with Crippen molar-refractivity contribution >= 4 is 16.9 Å². The second kappa shape index (κ2) is 4.26. The van der Waals surface area contributed by atoms with E-state index in [1.54, 1.807) is 18.2 Å². The van der Waals surface area contributed by atoms with E-state index < -0.39 is 11.2 Å². The summed E-state index contributed by atoms with van der Waals surface area (Å²) in [6, 6.07) is 5.12. The number of hydrogen-bond acceptors (Lipinski definition) is 5. The maximum Gasteiger partial charge on any atom is 0.327 e. The first-order valence-corrected chi connectivity index (χ1v) is 5.74. The van der Waals surface area contributed by atoms with E-state index in [-0.39, 0.29) is 11.2 Å². The van der Waals surface area contributed by atoms with Crippen molar-refractivity contribution in [3.63, 3.8) is 0 Å². The number of ether oxygens (including phenoxy) is 1. The van der Waals surface area contributed by atoms with Crippen LogP contribution < -0.4 is 21.7 Å². The molecule has 2 heterocycles. The fraction of sp³-hybridized carbons (Fsp3) is 0.0833. The van der Waals surface area contributed by atoms with Gasteiger partial charge in [-0.2, -0.15) is 0 Å². The van der Waals surface area contributed by atoms with E-state index >= 15 is 0 Å². The van der Waals surface area contributed by atoms with E-state index in [1.165, 1.54) is 7.11 Å². The Morgan fingerprint density at radius 1 is 1.20 bits per heavy atom. The number of nitrogens with one attached hydrogen (secondary N) is 3. The number of methoxy groups -OCH3 is 1. The molecule has 0 aliphatic rings. The smallest absolute Gasteiger partial charge is 0.327 e. The summed E-state index contributed by atoms with van der Waals surface area (Å²) in [6.07, 6.45) is 0. The average Bonchev–Trinajstić information content (AvgIpc) is 2.82. The molecule has 0 fully saturated rings. The summed E-state index contributed by atoms with van der Waals surface area (Å²) in [4.78, 5) is 34.4. The van der Waals surface area contributed by atoms with Gasteiger partial charge < -0.3 is 15.5 Å². The first-order valence-electron chi connectivity index (χ1n) is 5.74. The van der Waals surface area contributed by atoms with Crippen LogP contribution in [-0.2, 0) is 0 Å². The molecule has 0 bridgehead atoms. The van der Waals surface area contributed by atoms with Crippen LogP contribution in [0.4, 0.5) is 5.69 Å². The third kappa shape index (κ3) is 1.83. The quantitative estimate of drug-likeness (QED) is 0.495. The van der Waals surface area contributed by atoms with Crippen LogP contribution in [-0.4, -0.2) is 27.0 Å². The molecular weight excluding hydrogens is 262 g/mol. The van der Waals surface area contributed by atoms with E-state index in [2.05, 4.69) is 19.9 Å². The molecule has 3 rings (SSSR count). The van der Waals surface area contributed by atoms with Crippen LogP contribution >= 0.6 is 0 Å². The van der Waals surface area contributed by atoms with Crippen LogP contribution in [0.15, 0.2) is 27.8 Å². The zero-order valence-corrected chi connectivity index (χ0v) is 10.5. The van der Waals surface area contributed by atoms with Gasteiger partial charge in [0.2, 0.25) is 0 Å². The minimum Gasteiger partial charge on any atom is -0.495 e. The Bertz CT molecular complexity index is 905. The van der Waals surface area contributed by atoms with E-state index in [0.717, 1.165) is 0 Å². The molecular formula is C12H11N5O3. The van der Waals surface area contributed by atoms with E-state index in [1.807, 2.05) is 0 Å². The Labute approximate surface area is 111 Å². The predicted molar refractivity (Wildman–Crippen MR) is 73.7 cm³/mol. The zero-order valence-electron chi connectivity index (χ0n) is 10.5. The SMILES string of the molecule is COc1ccc(-c2nc3[nH]c(=O)[nH]c(=O)c3[nH]2)cc1N. The van der Waals surface area contributed by atoms with Crippen molar-refractivity contribution in [2.24, 2.45) is 0 Å². The van der Waals surface area contributed by atoms with Crippen molar-refractivity contribution in [2.45, 2.75) is 0 Å². The predicted octanol–water partition coefficient (Wildman–Crippen LogP) is 0.197. The summed E-state index contributed by atoms with van der Waals surface area (Å²) in [6.45, 7) is 0. The van der Waals surface area contributed by atoms with Crippen LogP contribution in [0.25, 0.3) is 22.6 Å². The van der Waals surface area contributed by atoms with Gasteiger partial charge in [0.1, 0.15) is 17.1 Å². The molecule has 0 saturated heterocycles. The van der Waals surface area contributed by atoms with Crippen LogP contribution in [0.3, 0.4) is 0 Å². The van der Waals surface area contributed by atoms with Crippen LogP contribution in [0.1, 0.15) is 0 Å². The number of nitrogen functional groups attached to an aromatic ring is 1. The standard InChI is InChI=1S/C12H11N5O3/c1-20-7-3-2-5(4-6(7)13)9-14-8-10(15-9)16-12(19)17-11(8)18/h2-4H,13H2,1H3,(H3,14,15,16,17,18,19). The van der Waals surface area contributed by atoms with Crippen molar-refractivity contribution in [2.75, 3.05) is 12.8 Å². The van der Waals surface area contributed by atoms with Gasteiger partial charge in [-0.25, -0.2) is 9.78 Å². The number of imidazole rings is 1. The molecule has 2 aromatic heterocycles. The minimum atomic E-state index is -0.602. The summed E-state index contributed by atoms with van der Waals surface area (Å²) in [5.74, 6) is 0.984. The van der Waals surface area contributed by atoms with Crippen molar-refractivity contribution in [3.8, 4) is 17.1 Å². The Morgan fingerprint density at radius 3 is 2.70 bits per heavy atom. The van der Waals surface area contributed by atoms with E-state index in [9.17, 15) is 9.59 Å². The summed E-state index contributed by atoms with van der Waals surface area (Å²) in [7, 11) is 1.52. The second-order valence-electron chi connectivity index (χ2n) is 4.17. The molecule has 5 N–H and O–H groups in total. The summed E-state index contributed by atoms with van der Waals surface area (Å²) >= 11 is 0. The molecule has 102 valence electrons. The highest BCUT2D eigenvalue weighted by molar-refractivity contribution is 5.76. The Morgan fingerprint density at radius 2 is 2.00 bits per heavy atom. The molecule has 0 spiro atoms. The molecule has 8 heteroatoms. The Kier molecular flexibility index (Phi) is 2.56. The van der Waals surface area contributed by atoms with Crippen molar-refractivity contribution in [1.29, 1.82) is 0 Å². The van der Waals surface area contributed by atoms with Crippen molar-refractivity contribution < 1.29 is 4.74 Å². The van der Waals surface area contributed by atoms with Gasteiger partial charge in [-0.05, 0) is 18.2 Å². The molecule has 20 heavy (non-hydrogen) atoms. The second-order valence-corrected chi connectivity index (χ2v) is 4.17. The number of aromatic nitrogens is 4. The molecule has 1 aromatic carbocycles. The highest BCUT2D eigenvalue weighted by Crippen LogP contribution is 2.27. The van der Waals surface area contributed by atoms with Gasteiger partial charge in [-0.3, -0.25) is 14.8 Å². The molecule has 0 saturated carbocycles. The molecule has 0 aliphatic carbocycles. The van der Waals surface area contributed by atoms with Gasteiger partial charge in [0, 0.05) is 5.56 Å². The third-order valence-corrected chi connectivity index (χ3v) is 2.89. The number of rotatable bonds is 2. The number of nitrogens with zero attached hydrogens (tertiary/aromatic N) is 1. The molecule has 0 unspecified atom stereocenters.